The molecule has 0 bridgehead atoms. The number of benzene rings is 1. The van der Waals surface area contributed by atoms with Gasteiger partial charge in [-0.15, -0.1) is 0 Å². The number of anilines is 1. The van der Waals surface area contributed by atoms with Gasteiger partial charge in [-0.1, -0.05) is 11.3 Å². The van der Waals surface area contributed by atoms with Crippen molar-refractivity contribution in [1.82, 2.24) is 19.9 Å². The van der Waals surface area contributed by atoms with Crippen molar-refractivity contribution in [2.45, 2.75) is 25.2 Å². The number of sulfonamides is 1. The van der Waals surface area contributed by atoms with Crippen molar-refractivity contribution in [3.05, 3.63) is 41.9 Å². The van der Waals surface area contributed by atoms with Crippen molar-refractivity contribution in [2.75, 3.05) is 19.0 Å². The van der Waals surface area contributed by atoms with E-state index in [-0.39, 0.29) is 23.1 Å². The summed E-state index contributed by atoms with van der Waals surface area (Å²) in [4.78, 5) is 16.4. The Morgan fingerprint density at radius 1 is 1.34 bits per heavy atom. The third-order valence-corrected chi connectivity index (χ3v) is 6.66. The number of carbonyl (C=O) groups excluding carboxylic acids is 1. The molecule has 0 fully saturated rings. The Labute approximate surface area is 172 Å². The van der Waals surface area contributed by atoms with Crippen molar-refractivity contribution in [3.63, 3.8) is 0 Å². The average molecular weight is 436 g/mol. The lowest BCUT2D eigenvalue weighted by atomic mass is 10.1. The summed E-state index contributed by atoms with van der Waals surface area (Å²) in [7, 11) is -2.38. The van der Waals surface area contributed by atoms with E-state index in [0.29, 0.717) is 22.8 Å². The molecule has 2 aromatic heterocycles. The first-order valence-electron chi connectivity index (χ1n) is 8.71. The predicted molar refractivity (Wildman–Crippen MR) is 111 cm³/mol. The quantitative estimate of drug-likeness (QED) is 0.498. The molecular formula is C18H21N5O4S2. The third kappa shape index (κ3) is 5.00. The SMILES string of the molecule is COc1ccc(-c2sc(NC(C)=O)nc2C)cc1S(=O)(=O)NCCc1cn[nH]c1. The van der Waals surface area contributed by atoms with Crippen molar-refractivity contribution in [1.29, 1.82) is 0 Å². The third-order valence-electron chi connectivity index (χ3n) is 4.06. The summed E-state index contributed by atoms with van der Waals surface area (Å²) in [6.45, 7) is 3.43. The van der Waals surface area contributed by atoms with Crippen LogP contribution >= 0.6 is 11.3 Å². The topological polar surface area (TPSA) is 126 Å². The Bertz CT molecular complexity index is 1110. The van der Waals surface area contributed by atoms with E-state index in [4.69, 9.17) is 4.74 Å². The van der Waals surface area contributed by atoms with Gasteiger partial charge in [0.2, 0.25) is 15.9 Å². The molecule has 0 atom stereocenters. The van der Waals surface area contributed by atoms with E-state index in [1.807, 2.05) is 0 Å². The number of H-pyrrole nitrogens is 1. The molecule has 11 heteroatoms. The van der Waals surface area contributed by atoms with Gasteiger partial charge in [0.25, 0.3) is 0 Å². The molecule has 0 aliphatic heterocycles. The Hall–Kier alpha value is -2.76. The summed E-state index contributed by atoms with van der Waals surface area (Å²) in [6, 6.07) is 4.93. The Morgan fingerprint density at radius 3 is 2.79 bits per heavy atom. The maximum atomic E-state index is 12.9. The van der Waals surface area contributed by atoms with Gasteiger partial charge in [0, 0.05) is 19.7 Å². The maximum Gasteiger partial charge on any atom is 0.244 e. The Balaban J connectivity index is 1.88. The fourth-order valence-corrected chi connectivity index (χ4v) is 4.95. The number of carbonyl (C=O) groups is 1. The molecule has 0 saturated carbocycles. The molecule has 0 aliphatic carbocycles. The largest absolute Gasteiger partial charge is 0.495 e. The zero-order chi connectivity index (χ0) is 21.0. The van der Waals surface area contributed by atoms with E-state index >= 15 is 0 Å². The number of aromatic nitrogens is 3. The highest BCUT2D eigenvalue weighted by molar-refractivity contribution is 7.89. The van der Waals surface area contributed by atoms with Crippen molar-refractivity contribution in [3.8, 4) is 16.2 Å². The molecule has 154 valence electrons. The van der Waals surface area contributed by atoms with Gasteiger partial charge in [-0.25, -0.2) is 18.1 Å². The number of hydrogen-bond donors (Lipinski definition) is 3. The van der Waals surface area contributed by atoms with Crippen LogP contribution in [0.25, 0.3) is 10.4 Å². The molecule has 9 nitrogen and oxygen atoms in total. The zero-order valence-electron chi connectivity index (χ0n) is 16.1. The van der Waals surface area contributed by atoms with Crippen LogP contribution < -0.4 is 14.8 Å². The number of aromatic amines is 1. The number of aryl methyl sites for hydroxylation is 1. The van der Waals surface area contributed by atoms with Crippen LogP contribution in [0, 0.1) is 6.92 Å². The van der Waals surface area contributed by atoms with Gasteiger partial charge >= 0.3 is 0 Å². The summed E-state index contributed by atoms with van der Waals surface area (Å²) in [6.07, 6.45) is 3.87. The standard InChI is InChI=1S/C18H21N5O4S2/c1-11-17(28-18(22-11)23-12(2)24)14-4-5-15(27-3)16(8-14)29(25,26)21-7-6-13-9-19-20-10-13/h4-5,8-10,21H,6-7H2,1-3H3,(H,19,20)(H,22,23,24). The van der Waals surface area contributed by atoms with E-state index in [9.17, 15) is 13.2 Å². The van der Waals surface area contributed by atoms with Gasteiger partial charge < -0.3 is 10.1 Å². The lowest BCUT2D eigenvalue weighted by molar-refractivity contribution is -0.114. The highest BCUT2D eigenvalue weighted by Crippen LogP contribution is 2.36. The number of amides is 1. The fraction of sp³-hybridized carbons (Fsp3) is 0.278. The first kappa shape index (κ1) is 21.0. The number of nitrogens with zero attached hydrogens (tertiary/aromatic N) is 2. The Morgan fingerprint density at radius 2 is 2.14 bits per heavy atom. The second kappa shape index (κ2) is 8.72. The normalized spacial score (nSPS) is 11.4. The highest BCUT2D eigenvalue weighted by atomic mass is 32.2. The van der Waals surface area contributed by atoms with Gasteiger partial charge in [0.05, 0.1) is 23.9 Å². The number of nitrogens with one attached hydrogen (secondary N) is 3. The van der Waals surface area contributed by atoms with E-state index in [1.165, 1.54) is 25.4 Å². The molecule has 2 heterocycles. The molecule has 0 aliphatic rings. The lowest BCUT2D eigenvalue weighted by Gasteiger charge is -2.12. The fourth-order valence-electron chi connectivity index (χ4n) is 2.72. The minimum absolute atomic E-state index is 0.0403. The molecule has 1 amide bonds. The predicted octanol–water partition coefficient (Wildman–Crippen LogP) is 2.33. The zero-order valence-corrected chi connectivity index (χ0v) is 17.8. The molecule has 3 rings (SSSR count). The highest BCUT2D eigenvalue weighted by Gasteiger charge is 2.21. The number of thiazole rings is 1. The van der Waals surface area contributed by atoms with Gasteiger partial charge in [0.1, 0.15) is 10.6 Å². The molecule has 29 heavy (non-hydrogen) atoms. The van der Waals surface area contributed by atoms with Crippen LogP contribution in [0.2, 0.25) is 0 Å². The van der Waals surface area contributed by atoms with E-state index in [1.54, 1.807) is 37.5 Å². The first-order chi connectivity index (χ1) is 13.8. The van der Waals surface area contributed by atoms with Crippen LogP contribution in [-0.4, -0.2) is 43.2 Å². The molecule has 0 unspecified atom stereocenters. The van der Waals surface area contributed by atoms with Crippen LogP contribution in [0.3, 0.4) is 0 Å². The van der Waals surface area contributed by atoms with E-state index in [2.05, 4.69) is 25.2 Å². The van der Waals surface area contributed by atoms with E-state index < -0.39 is 10.0 Å². The number of methoxy groups -OCH3 is 1. The second-order valence-electron chi connectivity index (χ2n) is 6.23. The lowest BCUT2D eigenvalue weighted by Crippen LogP contribution is -2.26. The first-order valence-corrected chi connectivity index (χ1v) is 11.0. The summed E-state index contributed by atoms with van der Waals surface area (Å²) in [5, 5.41) is 9.65. The minimum atomic E-state index is -3.80. The molecule has 3 N–H and O–H groups in total. The second-order valence-corrected chi connectivity index (χ2v) is 8.97. The van der Waals surface area contributed by atoms with Gasteiger partial charge in [-0.3, -0.25) is 9.89 Å². The van der Waals surface area contributed by atoms with Crippen LogP contribution in [-0.2, 0) is 21.2 Å². The summed E-state index contributed by atoms with van der Waals surface area (Å²) >= 11 is 1.28. The monoisotopic (exact) mass is 435 g/mol. The van der Waals surface area contributed by atoms with Crippen LogP contribution in [0.5, 0.6) is 5.75 Å². The summed E-state index contributed by atoms with van der Waals surface area (Å²) in [5.74, 6) is 0.0268. The molecule has 0 spiro atoms. The van der Waals surface area contributed by atoms with Gasteiger partial charge in [-0.2, -0.15) is 5.10 Å². The smallest absolute Gasteiger partial charge is 0.244 e. The van der Waals surface area contributed by atoms with Gasteiger partial charge in [0.15, 0.2) is 5.13 Å². The van der Waals surface area contributed by atoms with Crippen LogP contribution in [0.15, 0.2) is 35.5 Å². The summed E-state index contributed by atoms with van der Waals surface area (Å²) < 4.78 is 33.6. The number of ether oxygens (including phenoxy) is 1. The van der Waals surface area contributed by atoms with Crippen LogP contribution in [0.1, 0.15) is 18.2 Å². The number of rotatable bonds is 8. The molecule has 0 radical (unpaired) electrons. The Kier molecular flexibility index (Phi) is 6.30. The molecule has 3 aromatic rings. The van der Waals surface area contributed by atoms with Crippen LogP contribution in [0.4, 0.5) is 5.13 Å². The molecular weight excluding hydrogens is 414 g/mol. The average Bonchev–Trinajstić information content (AvgIpc) is 3.30. The van der Waals surface area contributed by atoms with E-state index in [0.717, 1.165) is 10.4 Å². The molecule has 0 saturated heterocycles. The van der Waals surface area contributed by atoms with Crippen molar-refractivity contribution >= 4 is 32.4 Å². The van der Waals surface area contributed by atoms with Gasteiger partial charge in [-0.05, 0) is 42.7 Å². The number of hydrogen-bond acceptors (Lipinski definition) is 7. The maximum absolute atomic E-state index is 12.9. The van der Waals surface area contributed by atoms with Crippen molar-refractivity contribution in [2.24, 2.45) is 0 Å². The summed E-state index contributed by atoms with van der Waals surface area (Å²) in [5.41, 5.74) is 2.27. The van der Waals surface area contributed by atoms with Crippen molar-refractivity contribution < 1.29 is 17.9 Å². The molecule has 1 aromatic carbocycles. The minimum Gasteiger partial charge on any atom is -0.495 e.